The van der Waals surface area contributed by atoms with Crippen LogP contribution in [0.1, 0.15) is 27.8 Å². The topological polar surface area (TPSA) is 32.6 Å². The summed E-state index contributed by atoms with van der Waals surface area (Å²) in [6.07, 6.45) is 1.79. The minimum Gasteiger partial charge on any atom is -0.506 e. The van der Waals surface area contributed by atoms with Crippen LogP contribution >= 0.6 is 45.2 Å². The highest BCUT2D eigenvalue weighted by Crippen LogP contribution is 2.40. The highest BCUT2D eigenvalue weighted by atomic mass is 127. The van der Waals surface area contributed by atoms with Gasteiger partial charge in [0.05, 0.1) is 9.26 Å². The number of phenols is 1. The summed E-state index contributed by atoms with van der Waals surface area (Å²) in [7, 11) is 0. The van der Waals surface area contributed by atoms with Crippen LogP contribution < -0.4 is 0 Å². The van der Waals surface area contributed by atoms with Crippen LogP contribution in [0.25, 0.3) is 22.3 Å². The van der Waals surface area contributed by atoms with E-state index >= 15 is 0 Å². The van der Waals surface area contributed by atoms with Crippen molar-refractivity contribution in [2.24, 2.45) is 4.99 Å². The van der Waals surface area contributed by atoms with Gasteiger partial charge in [0, 0.05) is 26.5 Å². The molecule has 0 aliphatic heterocycles. The van der Waals surface area contributed by atoms with Crippen LogP contribution in [0.2, 0.25) is 0 Å². The third kappa shape index (κ3) is 5.49. The largest absolute Gasteiger partial charge is 0.506 e. The summed E-state index contributed by atoms with van der Waals surface area (Å²) in [5.41, 5.74) is 11.0. The molecule has 0 aliphatic carbocycles. The van der Waals surface area contributed by atoms with Crippen LogP contribution in [0.15, 0.2) is 71.7 Å². The first kappa shape index (κ1) is 24.0. The molecule has 0 aromatic heterocycles. The van der Waals surface area contributed by atoms with E-state index < -0.39 is 0 Å². The quantitative estimate of drug-likeness (QED) is 0.173. The van der Waals surface area contributed by atoms with Gasteiger partial charge in [-0.3, -0.25) is 4.99 Å². The molecule has 0 radical (unpaired) electrons. The van der Waals surface area contributed by atoms with Crippen molar-refractivity contribution in [3.63, 3.8) is 0 Å². The zero-order chi connectivity index (χ0) is 23.7. The lowest BCUT2D eigenvalue weighted by Crippen LogP contribution is -1.91. The van der Waals surface area contributed by atoms with Gasteiger partial charge in [0.25, 0.3) is 0 Å². The van der Waals surface area contributed by atoms with Gasteiger partial charge in [0.1, 0.15) is 5.75 Å². The molecule has 1 N–H and O–H groups in total. The molecule has 33 heavy (non-hydrogen) atoms. The number of aliphatic imine (C=N–C) groups is 1. The number of hydrogen-bond donors (Lipinski definition) is 1. The van der Waals surface area contributed by atoms with Crippen molar-refractivity contribution in [2.75, 3.05) is 0 Å². The summed E-state index contributed by atoms with van der Waals surface area (Å²) in [5.74, 6) is 0.261. The van der Waals surface area contributed by atoms with E-state index in [-0.39, 0.29) is 5.75 Å². The first-order valence-corrected chi connectivity index (χ1v) is 12.9. The molecule has 4 aromatic rings. The van der Waals surface area contributed by atoms with Crippen molar-refractivity contribution in [1.82, 2.24) is 0 Å². The summed E-state index contributed by atoms with van der Waals surface area (Å²) >= 11 is 4.43. The second kappa shape index (κ2) is 9.97. The standard InChI is InChI=1S/C29H25I2NO/c1-17-8-18(2)11-21(10-17)25-6-5-7-26(22-12-19(3)9-20(4)13-22)28(25)32-16-23-14-24(30)15-27(31)29(23)33/h5-16,33H,1-4H3. The fourth-order valence-corrected chi connectivity index (χ4v) is 6.12. The lowest BCUT2D eigenvalue weighted by atomic mass is 9.93. The van der Waals surface area contributed by atoms with Gasteiger partial charge in [-0.2, -0.15) is 0 Å². The molecule has 0 saturated carbocycles. The molecule has 0 saturated heterocycles. The Kier molecular flexibility index (Phi) is 7.24. The Morgan fingerprint density at radius 1 is 0.697 bits per heavy atom. The summed E-state index contributed by atoms with van der Waals surface area (Å²) < 4.78 is 1.88. The molecule has 0 aliphatic rings. The molecular weight excluding hydrogens is 632 g/mol. The van der Waals surface area contributed by atoms with Crippen molar-refractivity contribution in [3.8, 4) is 28.0 Å². The molecule has 0 amide bonds. The maximum Gasteiger partial charge on any atom is 0.137 e. The van der Waals surface area contributed by atoms with Crippen molar-refractivity contribution >= 4 is 57.1 Å². The molecule has 0 heterocycles. The number of aromatic hydroxyl groups is 1. The van der Waals surface area contributed by atoms with Gasteiger partial charge in [-0.15, -0.1) is 0 Å². The molecule has 0 bridgehead atoms. The number of para-hydroxylation sites is 1. The minimum atomic E-state index is 0.261. The molecular formula is C29H25I2NO. The highest BCUT2D eigenvalue weighted by Gasteiger charge is 2.13. The molecule has 0 atom stereocenters. The van der Waals surface area contributed by atoms with E-state index in [0.29, 0.717) is 5.56 Å². The normalized spacial score (nSPS) is 11.3. The minimum absolute atomic E-state index is 0.261. The van der Waals surface area contributed by atoms with Gasteiger partial charge in [-0.05, 0) is 96.1 Å². The van der Waals surface area contributed by atoms with Crippen LogP contribution in [-0.4, -0.2) is 11.3 Å². The fourth-order valence-electron chi connectivity index (χ4n) is 4.23. The predicted octanol–water partition coefficient (Wildman–Crippen LogP) is 8.92. The van der Waals surface area contributed by atoms with Crippen LogP contribution in [0.4, 0.5) is 5.69 Å². The molecule has 4 rings (SSSR count). The van der Waals surface area contributed by atoms with E-state index in [1.54, 1.807) is 6.21 Å². The smallest absolute Gasteiger partial charge is 0.137 e. The van der Waals surface area contributed by atoms with Crippen molar-refractivity contribution < 1.29 is 5.11 Å². The first-order chi connectivity index (χ1) is 15.7. The second-order valence-electron chi connectivity index (χ2n) is 8.54. The zero-order valence-corrected chi connectivity index (χ0v) is 23.4. The maximum absolute atomic E-state index is 10.6. The Balaban J connectivity index is 1.97. The summed E-state index contributed by atoms with van der Waals surface area (Å²) in [6.45, 7) is 8.50. The maximum atomic E-state index is 10.6. The average molecular weight is 657 g/mol. The summed E-state index contributed by atoms with van der Waals surface area (Å²) in [5, 5.41) is 10.6. The van der Waals surface area contributed by atoms with Gasteiger partial charge in [0.2, 0.25) is 0 Å². The molecule has 0 fully saturated rings. The number of hydrogen-bond acceptors (Lipinski definition) is 2. The number of rotatable bonds is 4. The number of nitrogens with zero attached hydrogens (tertiary/aromatic N) is 1. The number of aryl methyl sites for hydroxylation is 4. The van der Waals surface area contributed by atoms with Crippen molar-refractivity contribution in [2.45, 2.75) is 27.7 Å². The Hall–Kier alpha value is -2.19. The first-order valence-electron chi connectivity index (χ1n) is 10.7. The Morgan fingerprint density at radius 2 is 1.18 bits per heavy atom. The monoisotopic (exact) mass is 657 g/mol. The van der Waals surface area contributed by atoms with Gasteiger partial charge >= 0.3 is 0 Å². The second-order valence-corrected chi connectivity index (χ2v) is 10.9. The van der Waals surface area contributed by atoms with Gasteiger partial charge < -0.3 is 5.11 Å². The van der Waals surface area contributed by atoms with E-state index in [1.807, 2.05) is 12.1 Å². The third-order valence-corrected chi connectivity index (χ3v) is 6.94. The third-order valence-electron chi connectivity index (χ3n) is 5.49. The predicted molar refractivity (Wildman–Crippen MR) is 157 cm³/mol. The zero-order valence-electron chi connectivity index (χ0n) is 19.1. The molecule has 0 unspecified atom stereocenters. The van der Waals surface area contributed by atoms with Gasteiger partial charge in [-0.1, -0.05) is 76.9 Å². The molecule has 166 valence electrons. The van der Waals surface area contributed by atoms with Crippen LogP contribution in [-0.2, 0) is 0 Å². The Morgan fingerprint density at radius 3 is 1.67 bits per heavy atom. The number of halogens is 2. The Bertz CT molecular complexity index is 1280. The molecule has 0 spiro atoms. The molecule has 4 heteroatoms. The van der Waals surface area contributed by atoms with Crippen LogP contribution in [0.5, 0.6) is 5.75 Å². The molecule has 2 nitrogen and oxygen atoms in total. The van der Waals surface area contributed by atoms with Crippen LogP contribution in [0.3, 0.4) is 0 Å². The lowest BCUT2D eigenvalue weighted by molar-refractivity contribution is 0.470. The van der Waals surface area contributed by atoms with E-state index in [1.165, 1.54) is 22.3 Å². The SMILES string of the molecule is Cc1cc(C)cc(-c2cccc(-c3cc(C)cc(C)c3)c2N=Cc2cc(I)cc(I)c2O)c1. The number of phenolic OH excluding ortho intramolecular Hbond substituents is 1. The van der Waals surface area contributed by atoms with Crippen molar-refractivity contribution in [1.29, 1.82) is 0 Å². The Labute approximate surface area is 223 Å². The van der Waals surface area contributed by atoms with E-state index in [0.717, 1.165) is 35.1 Å². The van der Waals surface area contributed by atoms with Crippen molar-refractivity contribution in [3.05, 3.63) is 102 Å². The van der Waals surface area contributed by atoms with E-state index in [2.05, 4.69) is 127 Å². The van der Waals surface area contributed by atoms with E-state index in [9.17, 15) is 5.11 Å². The van der Waals surface area contributed by atoms with E-state index in [4.69, 9.17) is 4.99 Å². The lowest BCUT2D eigenvalue weighted by Gasteiger charge is -2.14. The van der Waals surface area contributed by atoms with Gasteiger partial charge in [-0.25, -0.2) is 0 Å². The van der Waals surface area contributed by atoms with Gasteiger partial charge in [0.15, 0.2) is 0 Å². The molecule has 4 aromatic carbocycles. The average Bonchev–Trinajstić information content (AvgIpc) is 2.73. The summed E-state index contributed by atoms with van der Waals surface area (Å²) in [4.78, 5) is 5.00. The fraction of sp³-hybridized carbons (Fsp3) is 0.138. The van der Waals surface area contributed by atoms with Crippen LogP contribution in [0, 0.1) is 34.8 Å². The summed E-state index contributed by atoms with van der Waals surface area (Å²) in [6, 6.07) is 23.5. The number of benzene rings is 4. The highest BCUT2D eigenvalue weighted by molar-refractivity contribution is 14.1.